The van der Waals surface area contributed by atoms with E-state index in [1.165, 1.54) is 0 Å². The third-order valence-electron chi connectivity index (χ3n) is 3.25. The zero-order chi connectivity index (χ0) is 5.02. The van der Waals surface area contributed by atoms with Gasteiger partial charge in [0.1, 0.15) is 0 Å². The Morgan fingerprint density at radius 1 is 1.00 bits per heavy atom. The Balaban J connectivity index is 2.07. The fourth-order valence-corrected chi connectivity index (χ4v) is 2.23. The Kier molecular flexibility index (Phi) is 0.499. The van der Waals surface area contributed by atoms with Crippen molar-refractivity contribution < 1.29 is 0 Å². The molecule has 0 aromatic heterocycles. The maximum Gasteiger partial charge on any atom is -0.0354 e. The van der Waals surface area contributed by atoms with Gasteiger partial charge >= 0.3 is 0 Å². The predicted molar refractivity (Wildman–Crippen MR) is 29.9 cm³/mol. The molecular formula is C7H12. The normalized spacial score (nSPS) is 66.0. The first-order valence-corrected chi connectivity index (χ1v) is 3.30. The average molecular weight is 96.2 g/mol. The monoisotopic (exact) mass is 96.1 g/mol. The highest BCUT2D eigenvalue weighted by Gasteiger charge is 2.55. The van der Waals surface area contributed by atoms with E-state index in [0.717, 1.165) is 23.7 Å². The summed E-state index contributed by atoms with van der Waals surface area (Å²) in [4.78, 5) is 0. The van der Waals surface area contributed by atoms with E-state index in [2.05, 4.69) is 13.8 Å². The van der Waals surface area contributed by atoms with E-state index >= 15 is 0 Å². The summed E-state index contributed by atoms with van der Waals surface area (Å²) in [7, 11) is 0. The molecule has 3 fully saturated rings. The fourth-order valence-electron chi connectivity index (χ4n) is 2.23. The lowest BCUT2D eigenvalue weighted by molar-refractivity contribution is -0.141. The molecule has 0 saturated heterocycles. The van der Waals surface area contributed by atoms with Crippen molar-refractivity contribution in [2.75, 3.05) is 0 Å². The van der Waals surface area contributed by atoms with Gasteiger partial charge in [0.05, 0.1) is 0 Å². The summed E-state index contributed by atoms with van der Waals surface area (Å²) >= 11 is 0. The third-order valence-corrected chi connectivity index (χ3v) is 3.25. The summed E-state index contributed by atoms with van der Waals surface area (Å²) in [6.45, 7) is 4.78. The first kappa shape index (κ1) is 3.94. The first-order chi connectivity index (χ1) is 3.30. The van der Waals surface area contributed by atoms with Crippen molar-refractivity contribution in [2.24, 2.45) is 23.7 Å². The quantitative estimate of drug-likeness (QED) is 0.432. The van der Waals surface area contributed by atoms with Gasteiger partial charge in [-0.1, -0.05) is 13.8 Å². The van der Waals surface area contributed by atoms with Crippen LogP contribution in [0.1, 0.15) is 20.3 Å². The number of rotatable bonds is 0. The van der Waals surface area contributed by atoms with Crippen LogP contribution in [0.25, 0.3) is 0 Å². The molecular weight excluding hydrogens is 84.1 g/mol. The van der Waals surface area contributed by atoms with Crippen LogP contribution >= 0.6 is 0 Å². The molecule has 0 aromatic rings. The van der Waals surface area contributed by atoms with E-state index in [0.29, 0.717) is 0 Å². The molecule has 0 unspecified atom stereocenters. The Bertz CT molecular complexity index is 76.2. The summed E-state index contributed by atoms with van der Waals surface area (Å²) in [6.07, 6.45) is 1.56. The van der Waals surface area contributed by atoms with Crippen LogP contribution in [-0.2, 0) is 0 Å². The molecule has 3 aliphatic carbocycles. The molecule has 0 heterocycles. The van der Waals surface area contributed by atoms with E-state index in [4.69, 9.17) is 0 Å². The van der Waals surface area contributed by atoms with E-state index in [1.807, 2.05) is 0 Å². The predicted octanol–water partition coefficient (Wildman–Crippen LogP) is 1.91. The second-order valence-corrected chi connectivity index (χ2v) is 3.28. The third kappa shape index (κ3) is 0.240. The molecule has 40 valence electrons. The van der Waals surface area contributed by atoms with Gasteiger partial charge in [-0.2, -0.15) is 0 Å². The van der Waals surface area contributed by atoms with Gasteiger partial charge in [-0.15, -0.1) is 0 Å². The lowest BCUT2D eigenvalue weighted by Crippen LogP contribution is -2.56. The van der Waals surface area contributed by atoms with Gasteiger partial charge < -0.3 is 0 Å². The van der Waals surface area contributed by atoms with E-state index in [-0.39, 0.29) is 0 Å². The lowest BCUT2D eigenvalue weighted by Gasteiger charge is -2.63. The van der Waals surface area contributed by atoms with Gasteiger partial charge in [-0.25, -0.2) is 0 Å². The van der Waals surface area contributed by atoms with Gasteiger partial charge in [0.25, 0.3) is 0 Å². The van der Waals surface area contributed by atoms with Gasteiger partial charge in [0.2, 0.25) is 0 Å². The Hall–Kier alpha value is 0. The molecule has 0 nitrogen and oxygen atoms in total. The minimum absolute atomic E-state index is 1.11. The summed E-state index contributed by atoms with van der Waals surface area (Å²) in [5.41, 5.74) is 0. The van der Waals surface area contributed by atoms with Crippen molar-refractivity contribution in [3.05, 3.63) is 0 Å². The largest absolute Gasteiger partial charge is 0.0620 e. The Morgan fingerprint density at radius 2 is 1.43 bits per heavy atom. The molecule has 0 heteroatoms. The Morgan fingerprint density at radius 3 is 1.43 bits per heavy atom. The average Bonchev–Trinajstić information content (AvgIpc) is 1.60. The highest BCUT2D eigenvalue weighted by atomic mass is 14.6. The van der Waals surface area contributed by atoms with Crippen LogP contribution in [0.4, 0.5) is 0 Å². The Labute approximate surface area is 44.9 Å². The topological polar surface area (TPSA) is 0 Å². The van der Waals surface area contributed by atoms with Gasteiger partial charge in [0, 0.05) is 0 Å². The standard InChI is InChI=1S/C7H12/c1-4-6-3-7(4)5(6)2/h4-7H,3H2,1-2H3. The summed E-state index contributed by atoms with van der Waals surface area (Å²) in [6, 6.07) is 0. The molecule has 3 saturated carbocycles. The van der Waals surface area contributed by atoms with Crippen LogP contribution in [0.3, 0.4) is 0 Å². The fraction of sp³-hybridized carbons (Fsp3) is 1.00. The summed E-state index contributed by atoms with van der Waals surface area (Å²) in [5.74, 6) is 4.50. The molecule has 3 rings (SSSR count). The zero-order valence-electron chi connectivity index (χ0n) is 5.02. The maximum atomic E-state index is 2.39. The van der Waals surface area contributed by atoms with Crippen LogP contribution in [0.2, 0.25) is 0 Å². The van der Waals surface area contributed by atoms with Crippen molar-refractivity contribution in [2.45, 2.75) is 20.3 Å². The SMILES string of the molecule is CC1C2CC1C2C. The highest BCUT2D eigenvalue weighted by Crippen LogP contribution is 2.62. The second-order valence-electron chi connectivity index (χ2n) is 3.28. The molecule has 3 aliphatic rings. The number of hydrogen-bond donors (Lipinski definition) is 0. The van der Waals surface area contributed by atoms with Crippen LogP contribution in [0.15, 0.2) is 0 Å². The van der Waals surface area contributed by atoms with E-state index in [9.17, 15) is 0 Å². The van der Waals surface area contributed by atoms with Crippen molar-refractivity contribution in [3.8, 4) is 0 Å². The van der Waals surface area contributed by atoms with Crippen molar-refractivity contribution in [3.63, 3.8) is 0 Å². The molecule has 0 spiro atoms. The molecule has 0 atom stereocenters. The molecule has 0 aromatic carbocycles. The van der Waals surface area contributed by atoms with Crippen LogP contribution in [-0.4, -0.2) is 0 Å². The van der Waals surface area contributed by atoms with Crippen LogP contribution < -0.4 is 0 Å². The van der Waals surface area contributed by atoms with Crippen molar-refractivity contribution >= 4 is 0 Å². The minimum atomic E-state index is 1.11. The van der Waals surface area contributed by atoms with Crippen LogP contribution in [0, 0.1) is 23.7 Å². The van der Waals surface area contributed by atoms with Crippen molar-refractivity contribution in [1.29, 1.82) is 0 Å². The van der Waals surface area contributed by atoms with Gasteiger partial charge in [0.15, 0.2) is 0 Å². The first-order valence-electron chi connectivity index (χ1n) is 3.30. The second kappa shape index (κ2) is 0.888. The van der Waals surface area contributed by atoms with Gasteiger partial charge in [-0.3, -0.25) is 0 Å². The molecule has 0 N–H and O–H groups in total. The van der Waals surface area contributed by atoms with Crippen molar-refractivity contribution in [1.82, 2.24) is 0 Å². The minimum Gasteiger partial charge on any atom is -0.0620 e. The molecule has 7 heavy (non-hydrogen) atoms. The van der Waals surface area contributed by atoms with E-state index in [1.54, 1.807) is 6.42 Å². The summed E-state index contributed by atoms with van der Waals surface area (Å²) < 4.78 is 0. The molecule has 2 bridgehead atoms. The van der Waals surface area contributed by atoms with Gasteiger partial charge in [-0.05, 0) is 30.1 Å². The maximum absolute atomic E-state index is 2.39. The highest BCUT2D eigenvalue weighted by molar-refractivity contribution is 5.04. The molecule has 0 aliphatic heterocycles. The summed E-state index contributed by atoms with van der Waals surface area (Å²) in [5, 5.41) is 0. The van der Waals surface area contributed by atoms with E-state index < -0.39 is 0 Å². The molecule has 0 amide bonds. The zero-order valence-corrected chi connectivity index (χ0v) is 5.02. The number of hydrogen-bond acceptors (Lipinski definition) is 0. The lowest BCUT2D eigenvalue weighted by atomic mass is 9.42. The smallest absolute Gasteiger partial charge is 0.0354 e. The molecule has 0 radical (unpaired) electrons. The van der Waals surface area contributed by atoms with Crippen LogP contribution in [0.5, 0.6) is 0 Å².